The van der Waals surface area contributed by atoms with Crippen molar-refractivity contribution in [3.05, 3.63) is 29.0 Å². The molecule has 0 spiro atoms. The Balaban J connectivity index is 2.11. The van der Waals surface area contributed by atoms with Crippen LogP contribution in [0.25, 0.3) is 0 Å². The molecule has 1 atom stereocenters. The maximum absolute atomic E-state index is 12.2. The monoisotopic (exact) mass is 253 g/mol. The molecule has 0 radical (unpaired) electrons. The van der Waals surface area contributed by atoms with Crippen LogP contribution in [-0.4, -0.2) is 42.0 Å². The lowest BCUT2D eigenvalue weighted by molar-refractivity contribution is 0.0731. The number of aromatic nitrogens is 1. The summed E-state index contributed by atoms with van der Waals surface area (Å²) >= 11 is 5.76. The van der Waals surface area contributed by atoms with Crippen molar-refractivity contribution in [3.8, 4) is 0 Å². The highest BCUT2D eigenvalue weighted by molar-refractivity contribution is 6.30. The lowest BCUT2D eigenvalue weighted by Gasteiger charge is -2.24. The van der Waals surface area contributed by atoms with E-state index in [9.17, 15) is 4.79 Å². The van der Waals surface area contributed by atoms with Gasteiger partial charge < -0.3 is 10.2 Å². The minimum atomic E-state index is -0.000540. The SMILES string of the molecule is CNCC1CCCN1C(=O)c1ccc(Cl)cn1. The fourth-order valence-corrected chi connectivity index (χ4v) is 2.31. The zero-order valence-electron chi connectivity index (χ0n) is 9.82. The third-order valence-electron chi connectivity index (χ3n) is 3.02. The molecule has 2 rings (SSSR count). The van der Waals surface area contributed by atoms with E-state index >= 15 is 0 Å². The van der Waals surface area contributed by atoms with Crippen molar-refractivity contribution in [2.45, 2.75) is 18.9 Å². The lowest BCUT2D eigenvalue weighted by atomic mass is 10.2. The largest absolute Gasteiger partial charge is 0.333 e. The first kappa shape index (κ1) is 12.3. The Hall–Kier alpha value is -1.13. The molecule has 1 aliphatic rings. The first-order valence-corrected chi connectivity index (χ1v) is 6.17. The number of nitrogens with one attached hydrogen (secondary N) is 1. The summed E-state index contributed by atoms with van der Waals surface area (Å²) in [5.74, 6) is -0.000540. The predicted molar refractivity (Wildman–Crippen MR) is 67.2 cm³/mol. The fraction of sp³-hybridized carbons (Fsp3) is 0.500. The van der Waals surface area contributed by atoms with Crippen molar-refractivity contribution in [2.24, 2.45) is 0 Å². The van der Waals surface area contributed by atoms with Gasteiger partial charge in [-0.25, -0.2) is 4.98 Å². The molecular weight excluding hydrogens is 238 g/mol. The highest BCUT2D eigenvalue weighted by atomic mass is 35.5. The highest BCUT2D eigenvalue weighted by Gasteiger charge is 2.29. The molecule has 2 heterocycles. The minimum Gasteiger partial charge on any atom is -0.333 e. The number of nitrogens with zero attached hydrogens (tertiary/aromatic N) is 2. The van der Waals surface area contributed by atoms with Gasteiger partial charge in [-0.05, 0) is 32.0 Å². The Labute approximate surface area is 106 Å². The van der Waals surface area contributed by atoms with E-state index in [1.54, 1.807) is 12.1 Å². The Bertz CT molecular complexity index is 393. The van der Waals surface area contributed by atoms with Crippen LogP contribution in [0.1, 0.15) is 23.3 Å². The third-order valence-corrected chi connectivity index (χ3v) is 3.25. The summed E-state index contributed by atoms with van der Waals surface area (Å²) in [5.41, 5.74) is 0.470. The summed E-state index contributed by atoms with van der Waals surface area (Å²) in [7, 11) is 1.90. The first-order chi connectivity index (χ1) is 8.22. The molecule has 0 bridgehead atoms. The molecule has 0 aliphatic carbocycles. The highest BCUT2D eigenvalue weighted by Crippen LogP contribution is 2.19. The van der Waals surface area contributed by atoms with Gasteiger partial charge in [-0.2, -0.15) is 0 Å². The predicted octanol–water partition coefficient (Wildman–Crippen LogP) is 1.56. The molecule has 1 unspecified atom stereocenters. The molecule has 5 heteroatoms. The maximum Gasteiger partial charge on any atom is 0.272 e. The average molecular weight is 254 g/mol. The number of likely N-dealkylation sites (tertiary alicyclic amines) is 1. The molecule has 1 fully saturated rings. The topological polar surface area (TPSA) is 45.2 Å². The van der Waals surface area contributed by atoms with Gasteiger partial charge in [-0.3, -0.25) is 4.79 Å². The molecule has 92 valence electrons. The zero-order chi connectivity index (χ0) is 12.3. The second-order valence-electron chi connectivity index (χ2n) is 4.21. The summed E-state index contributed by atoms with van der Waals surface area (Å²) in [6.07, 6.45) is 3.63. The summed E-state index contributed by atoms with van der Waals surface area (Å²) < 4.78 is 0. The third kappa shape index (κ3) is 2.76. The van der Waals surface area contributed by atoms with E-state index < -0.39 is 0 Å². The van der Waals surface area contributed by atoms with Gasteiger partial charge in [0.2, 0.25) is 0 Å². The molecule has 0 aromatic carbocycles. The number of hydrogen-bond acceptors (Lipinski definition) is 3. The van der Waals surface area contributed by atoms with Gasteiger partial charge in [0.05, 0.1) is 5.02 Å². The van der Waals surface area contributed by atoms with Crippen molar-refractivity contribution in [1.29, 1.82) is 0 Å². The van der Waals surface area contributed by atoms with Gasteiger partial charge in [0.25, 0.3) is 5.91 Å². The number of carbonyl (C=O) groups excluding carboxylic acids is 1. The molecule has 1 aromatic heterocycles. The molecule has 1 aromatic rings. The number of carbonyl (C=O) groups is 1. The van der Waals surface area contributed by atoms with Crippen LogP contribution in [0, 0.1) is 0 Å². The summed E-state index contributed by atoms with van der Waals surface area (Å²) in [6, 6.07) is 3.66. The standard InChI is InChI=1S/C12H16ClN3O/c1-14-8-10-3-2-6-16(10)12(17)11-5-4-9(13)7-15-11/h4-5,7,10,14H,2-3,6,8H2,1H3. The van der Waals surface area contributed by atoms with Gasteiger partial charge in [-0.1, -0.05) is 11.6 Å². The van der Waals surface area contributed by atoms with Gasteiger partial charge >= 0.3 is 0 Å². The number of amides is 1. The fourth-order valence-electron chi connectivity index (χ4n) is 2.20. The van der Waals surface area contributed by atoms with Crippen LogP contribution >= 0.6 is 11.6 Å². The molecule has 1 N–H and O–H groups in total. The van der Waals surface area contributed by atoms with Gasteiger partial charge in [0, 0.05) is 25.3 Å². The zero-order valence-corrected chi connectivity index (χ0v) is 10.6. The van der Waals surface area contributed by atoms with Crippen molar-refractivity contribution < 1.29 is 4.79 Å². The van der Waals surface area contributed by atoms with E-state index in [2.05, 4.69) is 10.3 Å². The Kier molecular flexibility index (Phi) is 3.97. The molecular formula is C12H16ClN3O. The summed E-state index contributed by atoms with van der Waals surface area (Å²) in [5, 5.41) is 3.67. The summed E-state index contributed by atoms with van der Waals surface area (Å²) in [4.78, 5) is 18.2. The molecule has 4 nitrogen and oxygen atoms in total. The Morgan fingerprint density at radius 1 is 1.65 bits per heavy atom. The number of halogens is 1. The second-order valence-corrected chi connectivity index (χ2v) is 4.65. The number of rotatable bonds is 3. The average Bonchev–Trinajstić information content (AvgIpc) is 2.78. The number of hydrogen-bond donors (Lipinski definition) is 1. The van der Waals surface area contributed by atoms with Crippen LogP contribution in [-0.2, 0) is 0 Å². The molecule has 0 saturated carbocycles. The Morgan fingerprint density at radius 3 is 3.12 bits per heavy atom. The maximum atomic E-state index is 12.2. The molecule has 1 amide bonds. The second kappa shape index (κ2) is 5.47. The van der Waals surface area contributed by atoms with E-state index in [0.717, 1.165) is 25.9 Å². The quantitative estimate of drug-likeness (QED) is 0.889. The van der Waals surface area contributed by atoms with Gasteiger partial charge in [0.1, 0.15) is 5.69 Å². The van der Waals surface area contributed by atoms with Crippen molar-refractivity contribution in [2.75, 3.05) is 20.1 Å². The van der Waals surface area contributed by atoms with Gasteiger partial charge in [-0.15, -0.1) is 0 Å². The van der Waals surface area contributed by atoms with Crippen LogP contribution in [0.15, 0.2) is 18.3 Å². The van der Waals surface area contributed by atoms with E-state index in [1.165, 1.54) is 6.20 Å². The minimum absolute atomic E-state index is 0.000540. The molecule has 17 heavy (non-hydrogen) atoms. The lowest BCUT2D eigenvalue weighted by Crippen LogP contribution is -2.41. The summed E-state index contributed by atoms with van der Waals surface area (Å²) in [6.45, 7) is 1.65. The number of pyridine rings is 1. The van der Waals surface area contributed by atoms with Gasteiger partial charge in [0.15, 0.2) is 0 Å². The molecule has 1 aliphatic heterocycles. The number of likely N-dealkylation sites (N-methyl/N-ethyl adjacent to an activating group) is 1. The Morgan fingerprint density at radius 2 is 2.47 bits per heavy atom. The first-order valence-electron chi connectivity index (χ1n) is 5.79. The van der Waals surface area contributed by atoms with Crippen molar-refractivity contribution >= 4 is 17.5 Å². The van der Waals surface area contributed by atoms with Crippen LogP contribution in [0.2, 0.25) is 5.02 Å². The van der Waals surface area contributed by atoms with E-state index in [1.807, 2.05) is 11.9 Å². The van der Waals surface area contributed by atoms with E-state index in [-0.39, 0.29) is 11.9 Å². The van der Waals surface area contributed by atoms with E-state index in [0.29, 0.717) is 10.7 Å². The van der Waals surface area contributed by atoms with Crippen LogP contribution in [0.3, 0.4) is 0 Å². The van der Waals surface area contributed by atoms with Crippen LogP contribution in [0.5, 0.6) is 0 Å². The van der Waals surface area contributed by atoms with Crippen molar-refractivity contribution in [3.63, 3.8) is 0 Å². The smallest absolute Gasteiger partial charge is 0.272 e. The van der Waals surface area contributed by atoms with Crippen LogP contribution < -0.4 is 5.32 Å². The molecule has 1 saturated heterocycles. The van der Waals surface area contributed by atoms with Crippen LogP contribution in [0.4, 0.5) is 0 Å². The normalized spacial score (nSPS) is 19.6. The van der Waals surface area contributed by atoms with Crippen molar-refractivity contribution in [1.82, 2.24) is 15.2 Å². The van der Waals surface area contributed by atoms with E-state index in [4.69, 9.17) is 11.6 Å².